The van der Waals surface area contributed by atoms with Crippen LogP contribution in [-0.4, -0.2) is 12.1 Å². The largest absolute Gasteiger partial charge is 0.497 e. The lowest BCUT2D eigenvalue weighted by Crippen LogP contribution is -1.83. The van der Waals surface area contributed by atoms with Crippen molar-refractivity contribution >= 4 is 22.6 Å². The number of ether oxygens (including phenoxy) is 1. The highest BCUT2D eigenvalue weighted by Crippen LogP contribution is 2.24. The first-order valence-electron chi connectivity index (χ1n) is 4.91. The average molecular weight is 329 g/mol. The van der Waals surface area contributed by atoms with Crippen LogP contribution in [0.4, 0.5) is 0 Å². The predicted octanol–water partition coefficient (Wildman–Crippen LogP) is 3.59. The summed E-state index contributed by atoms with van der Waals surface area (Å²) < 4.78 is 11.6. The fourth-order valence-corrected chi connectivity index (χ4v) is 2.12. The fraction of sp³-hybridized carbons (Fsp3) is 0.250. The van der Waals surface area contributed by atoms with Crippen LogP contribution in [0.1, 0.15) is 11.5 Å². The van der Waals surface area contributed by atoms with Gasteiger partial charge in [-0.1, -0.05) is 22.6 Å². The quantitative estimate of drug-likeness (QED) is 0.638. The van der Waals surface area contributed by atoms with E-state index in [1.807, 2.05) is 31.2 Å². The summed E-state index contributed by atoms with van der Waals surface area (Å²) in [5.74, 6) is 2.40. The maximum absolute atomic E-state index is 5.61. The maximum Gasteiger partial charge on any atom is 0.226 e. The van der Waals surface area contributed by atoms with Crippen molar-refractivity contribution in [2.24, 2.45) is 0 Å². The zero-order valence-electron chi connectivity index (χ0n) is 9.16. The van der Waals surface area contributed by atoms with Gasteiger partial charge < -0.3 is 9.15 Å². The van der Waals surface area contributed by atoms with Crippen LogP contribution < -0.4 is 4.74 Å². The van der Waals surface area contributed by atoms with E-state index in [4.69, 9.17) is 9.15 Å². The molecule has 0 N–H and O–H groups in total. The molecule has 3 nitrogen and oxygen atoms in total. The van der Waals surface area contributed by atoms with Crippen LogP contribution in [0, 0.1) is 6.92 Å². The Labute approximate surface area is 108 Å². The summed E-state index contributed by atoms with van der Waals surface area (Å²) >= 11 is 2.28. The second-order valence-corrected chi connectivity index (χ2v) is 4.15. The van der Waals surface area contributed by atoms with Crippen LogP contribution >= 0.6 is 22.6 Å². The lowest BCUT2D eigenvalue weighted by molar-refractivity contribution is 0.415. The molecule has 0 aliphatic carbocycles. The van der Waals surface area contributed by atoms with Gasteiger partial charge in [0.2, 0.25) is 5.89 Å². The Hall–Kier alpha value is -1.04. The minimum atomic E-state index is 0.673. The fourth-order valence-electron chi connectivity index (χ4n) is 1.41. The van der Waals surface area contributed by atoms with Crippen molar-refractivity contribution in [2.45, 2.75) is 11.4 Å². The van der Waals surface area contributed by atoms with Crippen LogP contribution in [-0.2, 0) is 4.43 Å². The summed E-state index contributed by atoms with van der Waals surface area (Å²) in [7, 11) is 1.65. The number of benzene rings is 1. The van der Waals surface area contributed by atoms with Gasteiger partial charge in [-0.3, -0.25) is 0 Å². The van der Waals surface area contributed by atoms with Crippen molar-refractivity contribution < 1.29 is 9.15 Å². The van der Waals surface area contributed by atoms with Gasteiger partial charge in [-0.2, -0.15) is 0 Å². The number of aryl methyl sites for hydroxylation is 1. The zero-order chi connectivity index (χ0) is 11.5. The molecule has 0 amide bonds. The number of alkyl halides is 1. The summed E-state index contributed by atoms with van der Waals surface area (Å²) in [5, 5.41) is 0. The van der Waals surface area contributed by atoms with E-state index in [1.54, 1.807) is 7.11 Å². The van der Waals surface area contributed by atoms with Crippen LogP contribution in [0.25, 0.3) is 11.5 Å². The standard InChI is InChI=1S/C12H12INO2/c1-8-11(7-13)14-12(16-8)9-3-5-10(15-2)6-4-9/h3-6H,7H2,1-2H3. The van der Waals surface area contributed by atoms with Gasteiger partial charge in [-0.15, -0.1) is 0 Å². The molecule has 1 aromatic heterocycles. The Morgan fingerprint density at radius 2 is 2.00 bits per heavy atom. The Morgan fingerprint density at radius 3 is 2.50 bits per heavy atom. The van der Waals surface area contributed by atoms with Crippen molar-refractivity contribution in [3.8, 4) is 17.2 Å². The van der Waals surface area contributed by atoms with E-state index in [0.717, 1.165) is 27.2 Å². The second-order valence-electron chi connectivity index (χ2n) is 3.38. The molecule has 0 aliphatic rings. The van der Waals surface area contributed by atoms with Gasteiger partial charge in [-0.05, 0) is 31.2 Å². The first-order chi connectivity index (χ1) is 7.74. The molecule has 84 valence electrons. The molecule has 1 heterocycles. The van der Waals surface area contributed by atoms with E-state index in [0.29, 0.717) is 5.89 Å². The van der Waals surface area contributed by atoms with Gasteiger partial charge in [-0.25, -0.2) is 4.98 Å². The lowest BCUT2D eigenvalue weighted by atomic mass is 10.2. The second kappa shape index (κ2) is 4.86. The molecule has 2 rings (SSSR count). The van der Waals surface area contributed by atoms with Gasteiger partial charge in [0.15, 0.2) is 0 Å². The third-order valence-electron chi connectivity index (χ3n) is 2.36. The molecule has 0 fully saturated rings. The van der Waals surface area contributed by atoms with Crippen molar-refractivity contribution in [2.75, 3.05) is 7.11 Å². The smallest absolute Gasteiger partial charge is 0.226 e. The van der Waals surface area contributed by atoms with Crippen molar-refractivity contribution in [3.63, 3.8) is 0 Å². The number of oxazole rings is 1. The van der Waals surface area contributed by atoms with Gasteiger partial charge in [0, 0.05) is 9.99 Å². The van der Waals surface area contributed by atoms with E-state index in [9.17, 15) is 0 Å². The summed E-state index contributed by atoms with van der Waals surface area (Å²) in [6.07, 6.45) is 0. The molecule has 4 heteroatoms. The monoisotopic (exact) mass is 329 g/mol. The highest BCUT2D eigenvalue weighted by Gasteiger charge is 2.09. The van der Waals surface area contributed by atoms with E-state index in [-0.39, 0.29) is 0 Å². The Balaban J connectivity index is 2.34. The van der Waals surface area contributed by atoms with Crippen LogP contribution in [0.2, 0.25) is 0 Å². The normalized spacial score (nSPS) is 10.4. The summed E-state index contributed by atoms with van der Waals surface area (Å²) in [6, 6.07) is 7.69. The lowest BCUT2D eigenvalue weighted by Gasteiger charge is -1.99. The molecule has 0 unspecified atom stereocenters. The molecule has 2 aromatic rings. The molecular formula is C12H12INO2. The van der Waals surface area contributed by atoms with Gasteiger partial charge >= 0.3 is 0 Å². The number of aromatic nitrogens is 1. The predicted molar refractivity (Wildman–Crippen MR) is 71.0 cm³/mol. The van der Waals surface area contributed by atoms with Gasteiger partial charge in [0.1, 0.15) is 11.5 Å². The molecule has 0 spiro atoms. The Bertz CT molecular complexity index is 476. The van der Waals surface area contributed by atoms with E-state index in [1.165, 1.54) is 0 Å². The summed E-state index contributed by atoms with van der Waals surface area (Å²) in [6.45, 7) is 1.94. The topological polar surface area (TPSA) is 35.3 Å². The van der Waals surface area contributed by atoms with E-state index in [2.05, 4.69) is 27.6 Å². The van der Waals surface area contributed by atoms with E-state index < -0.39 is 0 Å². The highest BCUT2D eigenvalue weighted by atomic mass is 127. The van der Waals surface area contributed by atoms with Crippen molar-refractivity contribution in [1.29, 1.82) is 0 Å². The third kappa shape index (κ3) is 2.21. The zero-order valence-corrected chi connectivity index (χ0v) is 11.3. The molecule has 0 saturated heterocycles. The van der Waals surface area contributed by atoms with Crippen molar-refractivity contribution in [1.82, 2.24) is 4.98 Å². The molecule has 1 aromatic carbocycles. The van der Waals surface area contributed by atoms with Crippen molar-refractivity contribution in [3.05, 3.63) is 35.7 Å². The first kappa shape index (κ1) is 11.4. The molecule has 16 heavy (non-hydrogen) atoms. The number of hydrogen-bond acceptors (Lipinski definition) is 3. The summed E-state index contributed by atoms with van der Waals surface area (Å²) in [4.78, 5) is 4.44. The van der Waals surface area contributed by atoms with Crippen LogP contribution in [0.5, 0.6) is 5.75 Å². The molecule has 0 atom stereocenters. The number of halogens is 1. The third-order valence-corrected chi connectivity index (χ3v) is 3.08. The number of methoxy groups -OCH3 is 1. The highest BCUT2D eigenvalue weighted by molar-refractivity contribution is 14.1. The molecule has 0 aliphatic heterocycles. The SMILES string of the molecule is COc1ccc(-c2nc(CI)c(C)o2)cc1. The number of rotatable bonds is 3. The Kier molecular flexibility index (Phi) is 3.48. The first-order valence-corrected chi connectivity index (χ1v) is 6.44. The Morgan fingerprint density at radius 1 is 1.31 bits per heavy atom. The van der Waals surface area contributed by atoms with E-state index >= 15 is 0 Å². The van der Waals surface area contributed by atoms with Crippen LogP contribution in [0.15, 0.2) is 28.7 Å². The van der Waals surface area contributed by atoms with Crippen LogP contribution in [0.3, 0.4) is 0 Å². The number of hydrogen-bond donors (Lipinski definition) is 0. The molecular weight excluding hydrogens is 317 g/mol. The average Bonchev–Trinajstić information content (AvgIpc) is 2.71. The number of nitrogens with zero attached hydrogens (tertiary/aromatic N) is 1. The van der Waals surface area contributed by atoms with Gasteiger partial charge in [0.05, 0.1) is 12.8 Å². The minimum absolute atomic E-state index is 0.673. The molecule has 0 radical (unpaired) electrons. The molecule has 0 bridgehead atoms. The minimum Gasteiger partial charge on any atom is -0.497 e. The summed E-state index contributed by atoms with van der Waals surface area (Å²) in [5.41, 5.74) is 1.98. The molecule has 0 saturated carbocycles. The van der Waals surface area contributed by atoms with Gasteiger partial charge in [0.25, 0.3) is 0 Å². The maximum atomic E-state index is 5.61.